The fourth-order valence-corrected chi connectivity index (χ4v) is 3.25. The average molecular weight is 498 g/mol. The number of likely N-dealkylation sites (tertiary alicyclic amines) is 1. The van der Waals surface area contributed by atoms with E-state index in [1.54, 1.807) is 7.05 Å². The van der Waals surface area contributed by atoms with Gasteiger partial charge in [-0.1, -0.05) is 19.1 Å². The Balaban J connectivity index is 0.00000364. The summed E-state index contributed by atoms with van der Waals surface area (Å²) in [4.78, 5) is 6.69. The Kier molecular flexibility index (Phi) is 10.4. The van der Waals surface area contributed by atoms with Gasteiger partial charge in [0.25, 0.3) is 0 Å². The molecule has 27 heavy (non-hydrogen) atoms. The van der Waals surface area contributed by atoms with Crippen LogP contribution in [0.15, 0.2) is 29.3 Å². The highest BCUT2D eigenvalue weighted by atomic mass is 127. The first kappa shape index (κ1) is 24.0. The van der Waals surface area contributed by atoms with Crippen LogP contribution >= 0.6 is 24.0 Å². The van der Waals surface area contributed by atoms with Gasteiger partial charge >= 0.3 is 6.18 Å². The monoisotopic (exact) mass is 498 g/mol. The Labute approximate surface area is 177 Å². The largest absolute Gasteiger partial charge is 0.416 e. The average Bonchev–Trinajstić information content (AvgIpc) is 2.64. The molecular weight excluding hydrogens is 468 g/mol. The van der Waals surface area contributed by atoms with E-state index in [1.165, 1.54) is 31.5 Å². The van der Waals surface area contributed by atoms with Crippen molar-refractivity contribution in [1.82, 2.24) is 15.5 Å². The van der Waals surface area contributed by atoms with E-state index in [9.17, 15) is 13.2 Å². The lowest BCUT2D eigenvalue weighted by molar-refractivity contribution is -0.137. The molecule has 0 spiro atoms. The van der Waals surface area contributed by atoms with Gasteiger partial charge in [0.05, 0.1) is 5.56 Å². The second-order valence-corrected chi connectivity index (χ2v) is 6.73. The Bertz CT molecular complexity index is 575. The van der Waals surface area contributed by atoms with Gasteiger partial charge in [-0.3, -0.25) is 4.99 Å². The molecule has 4 nitrogen and oxygen atoms in total. The molecule has 0 aromatic heterocycles. The van der Waals surface area contributed by atoms with E-state index < -0.39 is 11.7 Å². The quantitative estimate of drug-likeness (QED) is 0.357. The summed E-state index contributed by atoms with van der Waals surface area (Å²) in [6, 6.07) is 5.32. The highest BCUT2D eigenvalue weighted by Gasteiger charge is 2.29. The molecule has 8 heteroatoms. The number of piperidine rings is 1. The maximum Gasteiger partial charge on any atom is 0.416 e. The van der Waals surface area contributed by atoms with Crippen LogP contribution in [0.25, 0.3) is 0 Å². The number of aliphatic imine (C=N–C) groups is 1. The summed E-state index contributed by atoms with van der Waals surface area (Å²) in [6.45, 7) is 7.10. The third kappa shape index (κ3) is 8.25. The molecule has 0 aliphatic carbocycles. The van der Waals surface area contributed by atoms with Crippen LogP contribution in [0.2, 0.25) is 0 Å². The van der Waals surface area contributed by atoms with Crippen LogP contribution in [0.4, 0.5) is 13.2 Å². The normalized spacial score (nSPS) is 18.7. The van der Waals surface area contributed by atoms with Crippen molar-refractivity contribution in [2.75, 3.05) is 39.8 Å². The number of halogens is 4. The SMILES string of the molecule is CCN1CCCC(CNC(=NC)NCCc2ccc(C(F)(F)F)cc2)C1.I. The summed E-state index contributed by atoms with van der Waals surface area (Å²) in [5.74, 6) is 1.36. The molecule has 1 aromatic rings. The third-order valence-electron chi connectivity index (χ3n) is 4.82. The Hall–Kier alpha value is -1.03. The zero-order valence-electron chi connectivity index (χ0n) is 16.0. The van der Waals surface area contributed by atoms with E-state index in [2.05, 4.69) is 27.4 Å². The maximum absolute atomic E-state index is 12.6. The van der Waals surface area contributed by atoms with Crippen molar-refractivity contribution in [1.29, 1.82) is 0 Å². The van der Waals surface area contributed by atoms with E-state index in [0.29, 0.717) is 18.9 Å². The molecular formula is C19H30F3IN4. The molecule has 1 heterocycles. The first-order chi connectivity index (χ1) is 12.4. The van der Waals surface area contributed by atoms with Gasteiger partial charge in [0.15, 0.2) is 5.96 Å². The second-order valence-electron chi connectivity index (χ2n) is 6.73. The molecule has 0 amide bonds. The predicted octanol–water partition coefficient (Wildman–Crippen LogP) is 3.76. The topological polar surface area (TPSA) is 39.7 Å². The van der Waals surface area contributed by atoms with Gasteiger partial charge in [0.1, 0.15) is 0 Å². The smallest absolute Gasteiger partial charge is 0.356 e. The van der Waals surface area contributed by atoms with Crippen molar-refractivity contribution in [3.63, 3.8) is 0 Å². The van der Waals surface area contributed by atoms with E-state index >= 15 is 0 Å². The second kappa shape index (κ2) is 11.7. The number of nitrogens with zero attached hydrogens (tertiary/aromatic N) is 2. The molecule has 0 bridgehead atoms. The zero-order valence-corrected chi connectivity index (χ0v) is 18.3. The number of alkyl halides is 3. The first-order valence-corrected chi connectivity index (χ1v) is 9.25. The van der Waals surface area contributed by atoms with Crippen molar-refractivity contribution in [3.8, 4) is 0 Å². The highest BCUT2D eigenvalue weighted by molar-refractivity contribution is 14.0. The summed E-state index contributed by atoms with van der Waals surface area (Å²) in [5.41, 5.74) is 0.257. The molecule has 0 saturated carbocycles. The molecule has 0 radical (unpaired) electrons. The zero-order chi connectivity index (χ0) is 19.0. The van der Waals surface area contributed by atoms with Gasteiger partial charge in [0, 0.05) is 26.7 Å². The number of hydrogen-bond donors (Lipinski definition) is 2. The molecule has 2 rings (SSSR count). The lowest BCUT2D eigenvalue weighted by Gasteiger charge is -2.32. The van der Waals surface area contributed by atoms with Crippen LogP contribution in [0.5, 0.6) is 0 Å². The number of benzene rings is 1. The summed E-state index contributed by atoms with van der Waals surface area (Å²) in [5, 5.41) is 6.59. The van der Waals surface area contributed by atoms with E-state index in [4.69, 9.17) is 0 Å². The Morgan fingerprint density at radius 1 is 1.22 bits per heavy atom. The number of rotatable bonds is 6. The van der Waals surface area contributed by atoms with E-state index in [-0.39, 0.29) is 24.0 Å². The van der Waals surface area contributed by atoms with Crippen LogP contribution in [0.3, 0.4) is 0 Å². The minimum Gasteiger partial charge on any atom is -0.356 e. The predicted molar refractivity (Wildman–Crippen MR) is 115 cm³/mol. The summed E-state index contributed by atoms with van der Waals surface area (Å²) < 4.78 is 37.7. The number of hydrogen-bond acceptors (Lipinski definition) is 2. The maximum atomic E-state index is 12.6. The lowest BCUT2D eigenvalue weighted by Crippen LogP contribution is -2.44. The molecule has 1 unspecified atom stereocenters. The highest BCUT2D eigenvalue weighted by Crippen LogP contribution is 2.29. The fraction of sp³-hybridized carbons (Fsp3) is 0.632. The van der Waals surface area contributed by atoms with Gasteiger partial charge in [0.2, 0.25) is 0 Å². The van der Waals surface area contributed by atoms with Crippen molar-refractivity contribution in [2.24, 2.45) is 10.9 Å². The Morgan fingerprint density at radius 2 is 1.93 bits per heavy atom. The van der Waals surface area contributed by atoms with Crippen LogP contribution in [0, 0.1) is 5.92 Å². The standard InChI is InChI=1S/C19H29F3N4.HI/c1-3-26-12-4-5-16(14-26)13-25-18(23-2)24-11-10-15-6-8-17(9-7-15)19(20,21)22;/h6-9,16H,3-5,10-14H2,1-2H3,(H2,23,24,25);1H. The minimum atomic E-state index is -4.28. The molecule has 1 fully saturated rings. The van der Waals surface area contributed by atoms with Gasteiger partial charge < -0.3 is 15.5 Å². The molecule has 1 aliphatic rings. The summed E-state index contributed by atoms with van der Waals surface area (Å²) >= 11 is 0. The van der Waals surface area contributed by atoms with E-state index in [1.807, 2.05) is 0 Å². The van der Waals surface area contributed by atoms with Crippen LogP contribution in [-0.2, 0) is 12.6 Å². The number of nitrogens with one attached hydrogen (secondary N) is 2. The Morgan fingerprint density at radius 3 is 2.52 bits per heavy atom. The van der Waals surface area contributed by atoms with E-state index in [0.717, 1.165) is 43.3 Å². The summed E-state index contributed by atoms with van der Waals surface area (Å²) in [6.07, 6.45) is -1.17. The minimum absolute atomic E-state index is 0. The van der Waals surface area contributed by atoms with Gasteiger partial charge in [-0.05, 0) is 56.0 Å². The van der Waals surface area contributed by atoms with Crippen LogP contribution in [0.1, 0.15) is 30.9 Å². The number of guanidine groups is 1. The van der Waals surface area contributed by atoms with Crippen molar-refractivity contribution in [3.05, 3.63) is 35.4 Å². The van der Waals surface area contributed by atoms with Gasteiger partial charge in [-0.2, -0.15) is 13.2 Å². The van der Waals surface area contributed by atoms with Crippen molar-refractivity contribution in [2.45, 2.75) is 32.4 Å². The molecule has 2 N–H and O–H groups in total. The fourth-order valence-electron chi connectivity index (χ4n) is 3.25. The molecule has 1 aliphatic heterocycles. The summed E-state index contributed by atoms with van der Waals surface area (Å²) in [7, 11) is 1.73. The van der Waals surface area contributed by atoms with Crippen LogP contribution in [-0.4, -0.2) is 50.6 Å². The molecule has 1 aromatic carbocycles. The van der Waals surface area contributed by atoms with Crippen molar-refractivity contribution >= 4 is 29.9 Å². The third-order valence-corrected chi connectivity index (χ3v) is 4.82. The van der Waals surface area contributed by atoms with Crippen molar-refractivity contribution < 1.29 is 13.2 Å². The molecule has 154 valence electrons. The lowest BCUT2D eigenvalue weighted by atomic mass is 9.98. The van der Waals surface area contributed by atoms with Gasteiger partial charge in [-0.25, -0.2) is 0 Å². The first-order valence-electron chi connectivity index (χ1n) is 9.25. The molecule has 1 atom stereocenters. The molecule has 1 saturated heterocycles. The van der Waals surface area contributed by atoms with Gasteiger partial charge in [-0.15, -0.1) is 24.0 Å². The van der Waals surface area contributed by atoms with Crippen LogP contribution < -0.4 is 10.6 Å².